The fourth-order valence-corrected chi connectivity index (χ4v) is 3.44. The molecular formula is C28H29BNO2. The first-order chi connectivity index (χ1) is 15.2. The molecule has 0 bridgehead atoms. The molecule has 0 aromatic heterocycles. The van der Waals surface area contributed by atoms with Crippen molar-refractivity contribution < 1.29 is 9.76 Å². The van der Waals surface area contributed by atoms with E-state index < -0.39 is 11.2 Å². The number of fused-ring (bicyclic) bond motifs is 1. The minimum atomic E-state index is -0.970. The van der Waals surface area contributed by atoms with Gasteiger partial charge in [-0.2, -0.15) is 0 Å². The lowest BCUT2D eigenvalue weighted by molar-refractivity contribution is -0.0893. The first-order valence-electron chi connectivity index (χ1n) is 10.9. The van der Waals surface area contributed by atoms with Gasteiger partial charge >= 0.3 is 7.48 Å². The molecule has 3 nitrogen and oxygen atoms in total. The van der Waals surface area contributed by atoms with Gasteiger partial charge in [0.05, 0.1) is 11.2 Å². The van der Waals surface area contributed by atoms with Crippen LogP contribution in [0.5, 0.6) is 0 Å². The van der Waals surface area contributed by atoms with E-state index in [1.807, 2.05) is 44.2 Å². The molecule has 4 aromatic carbocycles. The second-order valence-electron chi connectivity index (χ2n) is 9.10. The smallest absolute Gasteiger partial charge is 0.330 e. The van der Waals surface area contributed by atoms with Gasteiger partial charge in [0.1, 0.15) is 0 Å². The van der Waals surface area contributed by atoms with Gasteiger partial charge in [0.15, 0.2) is 0 Å². The van der Waals surface area contributed by atoms with Gasteiger partial charge in [-0.15, -0.1) is 0 Å². The zero-order valence-corrected chi connectivity index (χ0v) is 19.1. The van der Waals surface area contributed by atoms with Crippen molar-refractivity contribution in [2.75, 3.05) is 4.90 Å². The van der Waals surface area contributed by atoms with Crippen molar-refractivity contribution >= 4 is 40.8 Å². The maximum absolute atomic E-state index is 10.4. The molecule has 0 fully saturated rings. The van der Waals surface area contributed by atoms with Gasteiger partial charge in [-0.1, -0.05) is 66.1 Å². The maximum Gasteiger partial charge on any atom is 0.330 e. The number of benzene rings is 4. The molecule has 0 saturated heterocycles. The summed E-state index contributed by atoms with van der Waals surface area (Å²) in [5.74, 6) is 0. The van der Waals surface area contributed by atoms with E-state index in [2.05, 4.69) is 71.6 Å². The summed E-state index contributed by atoms with van der Waals surface area (Å²) in [5.41, 5.74) is 2.44. The third kappa shape index (κ3) is 4.72. The predicted molar refractivity (Wildman–Crippen MR) is 135 cm³/mol. The third-order valence-corrected chi connectivity index (χ3v) is 6.10. The van der Waals surface area contributed by atoms with Gasteiger partial charge in [0, 0.05) is 17.1 Å². The van der Waals surface area contributed by atoms with E-state index in [1.165, 1.54) is 10.8 Å². The molecule has 0 saturated carbocycles. The highest BCUT2D eigenvalue weighted by molar-refractivity contribution is 6.47. The maximum atomic E-state index is 10.4. The van der Waals surface area contributed by atoms with E-state index in [0.717, 1.165) is 22.5 Å². The normalized spacial score (nSPS) is 12.0. The molecule has 4 heteroatoms. The summed E-state index contributed by atoms with van der Waals surface area (Å²) in [6, 6.07) is 33.5. The van der Waals surface area contributed by atoms with Crippen molar-refractivity contribution in [3.8, 4) is 0 Å². The topological polar surface area (TPSA) is 32.7 Å². The molecule has 0 aliphatic carbocycles. The molecule has 0 amide bonds. The van der Waals surface area contributed by atoms with Gasteiger partial charge in [0.25, 0.3) is 0 Å². The first-order valence-corrected chi connectivity index (χ1v) is 10.9. The summed E-state index contributed by atoms with van der Waals surface area (Å²) in [4.78, 5) is 2.24. The molecule has 0 atom stereocenters. The Kier molecular flexibility index (Phi) is 6.10. The van der Waals surface area contributed by atoms with Crippen molar-refractivity contribution in [3.05, 3.63) is 97.1 Å². The number of anilines is 3. The van der Waals surface area contributed by atoms with Crippen LogP contribution < -0.4 is 10.4 Å². The second-order valence-corrected chi connectivity index (χ2v) is 9.10. The molecule has 32 heavy (non-hydrogen) atoms. The third-order valence-electron chi connectivity index (χ3n) is 6.10. The van der Waals surface area contributed by atoms with Crippen LogP contribution in [-0.2, 0) is 4.65 Å². The Bertz CT molecular complexity index is 1200. The van der Waals surface area contributed by atoms with Crippen LogP contribution in [0.15, 0.2) is 97.1 Å². The van der Waals surface area contributed by atoms with Gasteiger partial charge in [-0.05, 0) is 74.9 Å². The zero-order chi connectivity index (χ0) is 22.8. The molecule has 0 unspecified atom stereocenters. The molecule has 0 aliphatic rings. The van der Waals surface area contributed by atoms with E-state index in [0.29, 0.717) is 0 Å². The Morgan fingerprint density at radius 1 is 0.656 bits per heavy atom. The molecule has 0 heterocycles. The fourth-order valence-electron chi connectivity index (χ4n) is 3.44. The fraction of sp³-hybridized carbons (Fsp3) is 0.214. The standard InChI is InChI=1S/C28H29BNO2/c1-27(2,31)28(3,4)32-29-23-13-10-16-25(20-23)30(24-14-6-5-7-15-24)26-18-17-21-11-8-9-12-22(21)19-26/h5-20,31H,1-4H3. The number of nitrogens with zero attached hydrogens (tertiary/aromatic N) is 1. The van der Waals surface area contributed by atoms with Crippen LogP contribution >= 0.6 is 0 Å². The molecule has 4 aromatic rings. The van der Waals surface area contributed by atoms with Gasteiger partial charge < -0.3 is 14.7 Å². The van der Waals surface area contributed by atoms with Gasteiger partial charge in [-0.25, -0.2) is 0 Å². The lowest BCUT2D eigenvalue weighted by atomic mass is 9.82. The number of aliphatic hydroxyl groups is 1. The Morgan fingerprint density at radius 3 is 2.00 bits per heavy atom. The van der Waals surface area contributed by atoms with Crippen LogP contribution in [0.25, 0.3) is 10.8 Å². The Balaban J connectivity index is 1.71. The molecule has 1 radical (unpaired) electrons. The van der Waals surface area contributed by atoms with Crippen LogP contribution in [0, 0.1) is 0 Å². The monoisotopic (exact) mass is 422 g/mol. The van der Waals surface area contributed by atoms with Crippen molar-refractivity contribution in [3.63, 3.8) is 0 Å². The van der Waals surface area contributed by atoms with Crippen molar-refractivity contribution in [1.82, 2.24) is 0 Å². The molecule has 161 valence electrons. The number of hydrogen-bond acceptors (Lipinski definition) is 3. The first kappa shape index (κ1) is 22.1. The van der Waals surface area contributed by atoms with Crippen LogP contribution in [0.3, 0.4) is 0 Å². The largest absolute Gasteiger partial charge is 0.427 e. The van der Waals surface area contributed by atoms with Crippen LogP contribution in [0.2, 0.25) is 0 Å². The predicted octanol–water partition coefficient (Wildman–Crippen LogP) is 6.12. The van der Waals surface area contributed by atoms with Crippen molar-refractivity contribution in [2.45, 2.75) is 38.9 Å². The van der Waals surface area contributed by atoms with E-state index in [1.54, 1.807) is 21.3 Å². The van der Waals surface area contributed by atoms with E-state index in [9.17, 15) is 5.11 Å². The lowest BCUT2D eigenvalue weighted by Crippen LogP contribution is -2.49. The molecule has 0 spiro atoms. The Hall–Kier alpha value is -3.08. The molecular weight excluding hydrogens is 393 g/mol. The minimum absolute atomic E-state index is 0.722. The summed E-state index contributed by atoms with van der Waals surface area (Å²) in [6.07, 6.45) is 0. The Labute approximate surface area is 191 Å². The highest BCUT2D eigenvalue weighted by Gasteiger charge is 2.35. The quantitative estimate of drug-likeness (QED) is 0.364. The van der Waals surface area contributed by atoms with E-state index in [-0.39, 0.29) is 0 Å². The van der Waals surface area contributed by atoms with E-state index >= 15 is 0 Å². The number of rotatable bonds is 7. The summed E-state index contributed by atoms with van der Waals surface area (Å²) in [5, 5.41) is 12.8. The summed E-state index contributed by atoms with van der Waals surface area (Å²) in [7, 11) is 1.73. The highest BCUT2D eigenvalue weighted by Crippen LogP contribution is 2.35. The molecule has 1 N–H and O–H groups in total. The summed E-state index contributed by atoms with van der Waals surface area (Å²) < 4.78 is 5.99. The Morgan fingerprint density at radius 2 is 1.28 bits per heavy atom. The number of hydrogen-bond donors (Lipinski definition) is 1. The lowest BCUT2D eigenvalue weighted by Gasteiger charge is -2.37. The second kappa shape index (κ2) is 8.81. The minimum Gasteiger partial charge on any atom is -0.427 e. The van der Waals surface area contributed by atoms with Crippen molar-refractivity contribution in [1.29, 1.82) is 0 Å². The van der Waals surface area contributed by atoms with Crippen LogP contribution in [0.4, 0.5) is 17.1 Å². The highest BCUT2D eigenvalue weighted by atomic mass is 16.5. The van der Waals surface area contributed by atoms with Crippen LogP contribution in [-0.4, -0.2) is 23.8 Å². The van der Waals surface area contributed by atoms with Crippen molar-refractivity contribution in [2.24, 2.45) is 0 Å². The average molecular weight is 422 g/mol. The SMILES string of the molecule is CC(C)(O)C(C)(C)O[B]c1cccc(N(c2ccccc2)c2ccc3ccccc3c2)c1. The van der Waals surface area contributed by atoms with E-state index in [4.69, 9.17) is 4.65 Å². The summed E-state index contributed by atoms with van der Waals surface area (Å²) in [6.45, 7) is 7.29. The van der Waals surface area contributed by atoms with Crippen LogP contribution in [0.1, 0.15) is 27.7 Å². The van der Waals surface area contributed by atoms with Gasteiger partial charge in [-0.3, -0.25) is 0 Å². The number of para-hydroxylation sites is 1. The average Bonchev–Trinajstić information content (AvgIpc) is 2.78. The summed E-state index contributed by atoms with van der Waals surface area (Å²) >= 11 is 0. The zero-order valence-electron chi connectivity index (χ0n) is 19.1. The molecule has 4 rings (SSSR count). The van der Waals surface area contributed by atoms with Gasteiger partial charge in [0.2, 0.25) is 0 Å². The molecule has 0 aliphatic heterocycles.